The summed E-state index contributed by atoms with van der Waals surface area (Å²) in [6.07, 6.45) is 1.67. The van der Waals surface area contributed by atoms with Gasteiger partial charge in [0.05, 0.1) is 17.6 Å². The monoisotopic (exact) mass is 393 g/mol. The molecule has 8 heteroatoms. The predicted octanol–water partition coefficient (Wildman–Crippen LogP) is 3.46. The molecule has 6 nitrogen and oxygen atoms in total. The zero-order chi connectivity index (χ0) is 19.5. The molecular weight excluding hydrogens is 377 g/mol. The number of aromatic nitrogens is 5. The number of thioether (sulfide) groups is 1. The number of benzene rings is 2. The summed E-state index contributed by atoms with van der Waals surface area (Å²) in [6.45, 7) is 0. The molecule has 0 atom stereocenters. The third-order valence-electron chi connectivity index (χ3n) is 4.15. The second-order valence-electron chi connectivity index (χ2n) is 6.08. The Hall–Kier alpha value is -3.26. The molecule has 0 aliphatic heterocycles. The van der Waals surface area contributed by atoms with E-state index in [1.807, 2.05) is 30.3 Å². The molecule has 2 heterocycles. The first kappa shape index (κ1) is 18.1. The minimum absolute atomic E-state index is 0.133. The van der Waals surface area contributed by atoms with Crippen LogP contribution in [0, 0.1) is 5.82 Å². The topological polar surface area (TPSA) is 65.6 Å². The molecule has 0 spiro atoms. The van der Waals surface area contributed by atoms with E-state index in [2.05, 4.69) is 15.3 Å². The van der Waals surface area contributed by atoms with Crippen molar-refractivity contribution in [3.63, 3.8) is 0 Å². The summed E-state index contributed by atoms with van der Waals surface area (Å²) in [5.41, 5.74) is 2.37. The molecule has 140 valence electrons. The lowest BCUT2D eigenvalue weighted by atomic mass is 10.1. The molecule has 0 N–H and O–H groups in total. The largest absolute Gasteiger partial charge is 0.291 e. The van der Waals surface area contributed by atoms with Crippen LogP contribution in [-0.2, 0) is 12.8 Å². The van der Waals surface area contributed by atoms with Crippen molar-refractivity contribution in [1.29, 1.82) is 0 Å². The number of hydrogen-bond acceptors (Lipinski definition) is 5. The standard InChI is InChI=1S/C20H16FN5OS/c1-25-19(27)11-17(14-7-3-2-4-8-14)22-20(25)28-13-15-12-26(24-23-15)18-10-6-5-9-16(18)21/h2-12H,13H2,1H3. The van der Waals surface area contributed by atoms with Gasteiger partial charge in [-0.2, -0.15) is 0 Å². The lowest BCUT2D eigenvalue weighted by Gasteiger charge is -2.08. The van der Waals surface area contributed by atoms with Crippen LogP contribution in [0.2, 0.25) is 0 Å². The Morgan fingerprint density at radius 3 is 2.61 bits per heavy atom. The van der Waals surface area contributed by atoms with Gasteiger partial charge in [-0.25, -0.2) is 14.1 Å². The third kappa shape index (κ3) is 3.72. The normalized spacial score (nSPS) is 10.9. The van der Waals surface area contributed by atoms with E-state index in [1.165, 1.54) is 33.1 Å². The SMILES string of the molecule is Cn1c(SCc2cn(-c3ccccc3F)nn2)nc(-c2ccccc2)cc1=O. The van der Waals surface area contributed by atoms with Gasteiger partial charge >= 0.3 is 0 Å². The molecule has 0 fully saturated rings. The molecule has 0 aliphatic rings. The fourth-order valence-electron chi connectivity index (χ4n) is 2.66. The van der Waals surface area contributed by atoms with Crippen LogP contribution in [-0.4, -0.2) is 24.5 Å². The van der Waals surface area contributed by atoms with Crippen molar-refractivity contribution in [1.82, 2.24) is 24.5 Å². The minimum Gasteiger partial charge on any atom is -0.291 e. The smallest absolute Gasteiger partial charge is 0.254 e. The molecule has 0 aliphatic carbocycles. The van der Waals surface area contributed by atoms with Gasteiger partial charge in [-0.15, -0.1) is 5.10 Å². The summed E-state index contributed by atoms with van der Waals surface area (Å²) >= 11 is 1.38. The molecule has 0 unspecified atom stereocenters. The molecule has 28 heavy (non-hydrogen) atoms. The first-order chi connectivity index (χ1) is 13.6. The molecule has 4 aromatic rings. The first-order valence-electron chi connectivity index (χ1n) is 8.54. The fraction of sp³-hybridized carbons (Fsp3) is 0.100. The molecule has 0 bridgehead atoms. The van der Waals surface area contributed by atoms with E-state index in [4.69, 9.17) is 0 Å². The molecule has 4 rings (SSSR count). The Balaban J connectivity index is 1.57. The van der Waals surface area contributed by atoms with E-state index in [0.717, 1.165) is 5.56 Å². The Morgan fingerprint density at radius 2 is 1.82 bits per heavy atom. The van der Waals surface area contributed by atoms with Gasteiger partial charge in [-0.05, 0) is 12.1 Å². The average molecular weight is 393 g/mol. The van der Waals surface area contributed by atoms with Gasteiger partial charge in [0.2, 0.25) is 0 Å². The summed E-state index contributed by atoms with van der Waals surface area (Å²) in [5.74, 6) is 0.0821. The van der Waals surface area contributed by atoms with Crippen molar-refractivity contribution in [3.05, 3.63) is 88.7 Å². The maximum Gasteiger partial charge on any atom is 0.254 e. The van der Waals surface area contributed by atoms with Crippen LogP contribution >= 0.6 is 11.8 Å². The van der Waals surface area contributed by atoms with Crippen LogP contribution in [0.1, 0.15) is 5.69 Å². The maximum atomic E-state index is 13.9. The predicted molar refractivity (Wildman–Crippen MR) is 106 cm³/mol. The van der Waals surface area contributed by atoms with Crippen LogP contribution < -0.4 is 5.56 Å². The van der Waals surface area contributed by atoms with Crippen LogP contribution in [0.15, 0.2) is 76.8 Å². The second kappa shape index (κ2) is 7.77. The van der Waals surface area contributed by atoms with E-state index >= 15 is 0 Å². The quantitative estimate of drug-likeness (QED) is 0.384. The second-order valence-corrected chi connectivity index (χ2v) is 7.02. The van der Waals surface area contributed by atoms with Gasteiger partial charge in [0.1, 0.15) is 11.5 Å². The van der Waals surface area contributed by atoms with Gasteiger partial charge in [0.15, 0.2) is 5.16 Å². The van der Waals surface area contributed by atoms with Crippen molar-refractivity contribution in [2.75, 3.05) is 0 Å². The van der Waals surface area contributed by atoms with E-state index in [1.54, 1.807) is 31.4 Å². The number of rotatable bonds is 5. The van der Waals surface area contributed by atoms with E-state index in [-0.39, 0.29) is 11.4 Å². The lowest BCUT2D eigenvalue weighted by Crippen LogP contribution is -2.19. The van der Waals surface area contributed by atoms with Crippen molar-refractivity contribution >= 4 is 11.8 Å². The van der Waals surface area contributed by atoms with Crippen LogP contribution in [0.25, 0.3) is 16.9 Å². The molecule has 0 saturated carbocycles. The Bertz CT molecular complexity index is 1170. The highest BCUT2D eigenvalue weighted by Crippen LogP contribution is 2.22. The van der Waals surface area contributed by atoms with Gasteiger partial charge in [0, 0.05) is 24.4 Å². The fourth-order valence-corrected chi connectivity index (χ4v) is 3.52. The van der Waals surface area contributed by atoms with Gasteiger partial charge in [-0.3, -0.25) is 9.36 Å². The van der Waals surface area contributed by atoms with Gasteiger partial charge in [-0.1, -0.05) is 59.4 Å². The molecule has 2 aromatic carbocycles. The van der Waals surface area contributed by atoms with Crippen molar-refractivity contribution in [3.8, 4) is 16.9 Å². The molecule has 0 amide bonds. The van der Waals surface area contributed by atoms with Crippen molar-refractivity contribution in [2.45, 2.75) is 10.9 Å². The van der Waals surface area contributed by atoms with Crippen molar-refractivity contribution in [2.24, 2.45) is 7.05 Å². The number of halogens is 1. The van der Waals surface area contributed by atoms with E-state index in [0.29, 0.717) is 28.0 Å². The highest BCUT2D eigenvalue weighted by molar-refractivity contribution is 7.98. The summed E-state index contributed by atoms with van der Waals surface area (Å²) < 4.78 is 16.8. The Kier molecular flexibility index (Phi) is 5.03. The number of nitrogens with zero attached hydrogens (tertiary/aromatic N) is 5. The Morgan fingerprint density at radius 1 is 1.07 bits per heavy atom. The first-order valence-corrected chi connectivity index (χ1v) is 9.53. The lowest BCUT2D eigenvalue weighted by molar-refractivity contribution is 0.607. The van der Waals surface area contributed by atoms with E-state index in [9.17, 15) is 9.18 Å². The summed E-state index contributed by atoms with van der Waals surface area (Å²) in [6, 6.07) is 17.4. The maximum absolute atomic E-state index is 13.9. The summed E-state index contributed by atoms with van der Waals surface area (Å²) in [4.78, 5) is 16.9. The van der Waals surface area contributed by atoms with Gasteiger partial charge in [0.25, 0.3) is 5.56 Å². The van der Waals surface area contributed by atoms with Crippen LogP contribution in [0.3, 0.4) is 0 Å². The van der Waals surface area contributed by atoms with Crippen LogP contribution in [0.5, 0.6) is 0 Å². The molecule has 0 radical (unpaired) electrons. The minimum atomic E-state index is -0.369. The number of para-hydroxylation sites is 1. The summed E-state index contributed by atoms with van der Waals surface area (Å²) in [5, 5.41) is 8.66. The highest BCUT2D eigenvalue weighted by Gasteiger charge is 2.11. The third-order valence-corrected chi connectivity index (χ3v) is 5.22. The molecular formula is C20H16FN5OS. The summed E-state index contributed by atoms with van der Waals surface area (Å²) in [7, 11) is 1.68. The highest BCUT2D eigenvalue weighted by atomic mass is 32.2. The average Bonchev–Trinajstić information content (AvgIpc) is 3.19. The van der Waals surface area contributed by atoms with Crippen molar-refractivity contribution < 1.29 is 4.39 Å². The van der Waals surface area contributed by atoms with Gasteiger partial charge < -0.3 is 0 Å². The number of hydrogen-bond donors (Lipinski definition) is 0. The zero-order valence-corrected chi connectivity index (χ0v) is 15.8. The Labute approximate surface area is 164 Å². The molecule has 2 aromatic heterocycles. The zero-order valence-electron chi connectivity index (χ0n) is 15.0. The molecule has 0 saturated heterocycles. The van der Waals surface area contributed by atoms with Crippen LogP contribution in [0.4, 0.5) is 4.39 Å². The van der Waals surface area contributed by atoms with E-state index < -0.39 is 0 Å².